The molecular formula is C13H22N4O4. The molecule has 2 heterocycles. The van der Waals surface area contributed by atoms with Gasteiger partial charge < -0.3 is 20.2 Å². The van der Waals surface area contributed by atoms with Crippen molar-refractivity contribution in [2.75, 3.05) is 39.8 Å². The largest absolute Gasteiger partial charge is 0.480 e. The molecule has 0 bridgehead atoms. The predicted molar refractivity (Wildman–Crippen MR) is 74.8 cm³/mol. The summed E-state index contributed by atoms with van der Waals surface area (Å²) in [7, 11) is 1.72. The van der Waals surface area contributed by atoms with Gasteiger partial charge in [-0.15, -0.1) is 0 Å². The maximum absolute atomic E-state index is 12.1. The fourth-order valence-electron chi connectivity index (χ4n) is 2.67. The number of carbonyl (C=O) groups excluding carboxylic acids is 2. The van der Waals surface area contributed by atoms with Crippen LogP contribution in [0.4, 0.5) is 4.79 Å². The quantitative estimate of drug-likeness (QED) is 0.698. The Balaban J connectivity index is 1.81. The molecule has 0 aromatic rings. The van der Waals surface area contributed by atoms with E-state index in [9.17, 15) is 14.4 Å². The Bertz CT molecular complexity index is 434. The molecule has 2 saturated heterocycles. The van der Waals surface area contributed by atoms with Crippen LogP contribution in [0.3, 0.4) is 0 Å². The average molecular weight is 298 g/mol. The Morgan fingerprint density at radius 1 is 1.24 bits per heavy atom. The molecular weight excluding hydrogens is 276 g/mol. The van der Waals surface area contributed by atoms with E-state index in [4.69, 9.17) is 5.11 Å². The van der Waals surface area contributed by atoms with Crippen molar-refractivity contribution < 1.29 is 19.5 Å². The minimum Gasteiger partial charge on any atom is -0.480 e. The minimum atomic E-state index is -0.854. The minimum absolute atomic E-state index is 0.0542. The number of piperazine rings is 1. The van der Waals surface area contributed by atoms with Crippen LogP contribution >= 0.6 is 0 Å². The fraction of sp³-hybridized carbons (Fsp3) is 0.769. The summed E-state index contributed by atoms with van der Waals surface area (Å²) in [6, 6.07) is -1.22. The molecule has 0 aromatic carbocycles. The second-order valence-corrected chi connectivity index (χ2v) is 5.59. The fourth-order valence-corrected chi connectivity index (χ4v) is 2.67. The summed E-state index contributed by atoms with van der Waals surface area (Å²) in [5.74, 6) is -0.908. The van der Waals surface area contributed by atoms with E-state index in [1.165, 1.54) is 0 Å². The molecule has 0 saturated carbocycles. The molecule has 2 fully saturated rings. The third-order valence-electron chi connectivity index (χ3n) is 4.23. The van der Waals surface area contributed by atoms with Crippen LogP contribution in [0.2, 0.25) is 0 Å². The smallest absolute Gasteiger partial charge is 0.320 e. The van der Waals surface area contributed by atoms with Crippen molar-refractivity contribution in [2.24, 2.45) is 0 Å². The van der Waals surface area contributed by atoms with Crippen molar-refractivity contribution >= 4 is 17.9 Å². The van der Waals surface area contributed by atoms with Crippen LogP contribution in [0.15, 0.2) is 0 Å². The predicted octanol–water partition coefficient (Wildman–Crippen LogP) is -0.983. The molecule has 2 aliphatic rings. The monoisotopic (exact) mass is 298 g/mol. The van der Waals surface area contributed by atoms with Crippen LogP contribution in [0.5, 0.6) is 0 Å². The summed E-state index contributed by atoms with van der Waals surface area (Å²) in [5.41, 5.74) is 0. The van der Waals surface area contributed by atoms with E-state index in [-0.39, 0.29) is 11.9 Å². The third-order valence-corrected chi connectivity index (χ3v) is 4.23. The highest BCUT2D eigenvalue weighted by Gasteiger charge is 2.33. The summed E-state index contributed by atoms with van der Waals surface area (Å²) < 4.78 is 0. The Morgan fingerprint density at radius 2 is 1.86 bits per heavy atom. The number of likely N-dealkylation sites (N-methyl/N-ethyl adjacent to an activating group) is 1. The van der Waals surface area contributed by atoms with Crippen molar-refractivity contribution in [2.45, 2.75) is 25.4 Å². The zero-order valence-corrected chi connectivity index (χ0v) is 12.4. The molecule has 0 spiro atoms. The van der Waals surface area contributed by atoms with Gasteiger partial charge in [-0.1, -0.05) is 0 Å². The second kappa shape index (κ2) is 6.30. The highest BCUT2D eigenvalue weighted by atomic mass is 16.4. The van der Waals surface area contributed by atoms with Crippen molar-refractivity contribution in [1.29, 1.82) is 0 Å². The van der Waals surface area contributed by atoms with Gasteiger partial charge in [0.15, 0.2) is 0 Å². The third kappa shape index (κ3) is 3.44. The number of amides is 3. The molecule has 0 aliphatic carbocycles. The molecule has 0 radical (unpaired) electrons. The first-order chi connectivity index (χ1) is 9.90. The average Bonchev–Trinajstić information content (AvgIpc) is 2.78. The van der Waals surface area contributed by atoms with E-state index in [0.29, 0.717) is 39.1 Å². The van der Waals surface area contributed by atoms with Crippen LogP contribution in [-0.2, 0) is 9.59 Å². The Kier molecular flexibility index (Phi) is 4.66. The topological polar surface area (TPSA) is 93.2 Å². The van der Waals surface area contributed by atoms with Gasteiger partial charge in [0, 0.05) is 39.8 Å². The van der Waals surface area contributed by atoms with Crippen LogP contribution < -0.4 is 5.32 Å². The molecule has 2 rings (SSSR count). The Labute approximate surface area is 123 Å². The lowest BCUT2D eigenvalue weighted by molar-refractivity contribution is -0.143. The number of carboxylic acids is 1. The summed E-state index contributed by atoms with van der Waals surface area (Å²) in [5, 5.41) is 11.7. The molecule has 3 amide bonds. The Morgan fingerprint density at radius 3 is 2.33 bits per heavy atom. The van der Waals surface area contributed by atoms with Crippen LogP contribution in [0.25, 0.3) is 0 Å². The first-order valence-electron chi connectivity index (χ1n) is 7.17. The lowest BCUT2D eigenvalue weighted by atomic mass is 10.2. The van der Waals surface area contributed by atoms with E-state index in [0.717, 1.165) is 0 Å². The number of rotatable bonds is 3. The van der Waals surface area contributed by atoms with Gasteiger partial charge in [-0.3, -0.25) is 14.5 Å². The SMILES string of the molecule is CC(C(=O)O)N1CCN(C(=O)NC2CCN(C)C2=O)CC1. The van der Waals surface area contributed by atoms with Gasteiger partial charge in [-0.25, -0.2) is 4.79 Å². The molecule has 2 atom stereocenters. The summed E-state index contributed by atoms with van der Waals surface area (Å²) in [6.07, 6.45) is 0.636. The number of likely N-dealkylation sites (tertiary alicyclic amines) is 1. The molecule has 8 nitrogen and oxygen atoms in total. The highest BCUT2D eigenvalue weighted by molar-refractivity contribution is 5.88. The van der Waals surface area contributed by atoms with E-state index in [1.54, 1.807) is 23.8 Å². The van der Waals surface area contributed by atoms with Crippen molar-refractivity contribution in [3.8, 4) is 0 Å². The second-order valence-electron chi connectivity index (χ2n) is 5.59. The van der Waals surface area contributed by atoms with Gasteiger partial charge in [0.1, 0.15) is 12.1 Å². The number of urea groups is 1. The van der Waals surface area contributed by atoms with E-state index < -0.39 is 18.1 Å². The van der Waals surface area contributed by atoms with E-state index in [2.05, 4.69) is 5.32 Å². The van der Waals surface area contributed by atoms with E-state index in [1.807, 2.05) is 4.90 Å². The number of nitrogens with zero attached hydrogens (tertiary/aromatic N) is 3. The standard InChI is InChI=1S/C13H22N4O4/c1-9(12(19)20)16-5-7-17(8-6-16)13(21)14-10-3-4-15(2)11(10)18/h9-10H,3-8H2,1-2H3,(H,14,21)(H,19,20). The Hall–Kier alpha value is -1.83. The lowest BCUT2D eigenvalue weighted by Crippen LogP contribution is -2.56. The first-order valence-corrected chi connectivity index (χ1v) is 7.17. The van der Waals surface area contributed by atoms with Gasteiger partial charge in [0.25, 0.3) is 0 Å². The van der Waals surface area contributed by atoms with Crippen LogP contribution in [0.1, 0.15) is 13.3 Å². The summed E-state index contributed by atoms with van der Waals surface area (Å²) in [6.45, 7) is 4.30. The number of carboxylic acid groups (broad SMARTS) is 1. The van der Waals surface area contributed by atoms with Crippen molar-refractivity contribution in [3.05, 3.63) is 0 Å². The molecule has 2 unspecified atom stereocenters. The van der Waals surface area contributed by atoms with Crippen molar-refractivity contribution in [3.63, 3.8) is 0 Å². The van der Waals surface area contributed by atoms with E-state index >= 15 is 0 Å². The van der Waals surface area contributed by atoms with Gasteiger partial charge >= 0.3 is 12.0 Å². The van der Waals surface area contributed by atoms with Gasteiger partial charge in [-0.2, -0.15) is 0 Å². The van der Waals surface area contributed by atoms with Gasteiger partial charge in [0.05, 0.1) is 0 Å². The molecule has 0 aromatic heterocycles. The summed E-state index contributed by atoms with van der Waals surface area (Å²) in [4.78, 5) is 39.9. The number of nitrogens with one attached hydrogen (secondary N) is 1. The maximum atomic E-state index is 12.1. The highest BCUT2D eigenvalue weighted by Crippen LogP contribution is 2.11. The zero-order valence-electron chi connectivity index (χ0n) is 12.4. The number of carbonyl (C=O) groups is 3. The molecule has 2 N–H and O–H groups in total. The normalized spacial score (nSPS) is 25.0. The molecule has 8 heteroatoms. The zero-order chi connectivity index (χ0) is 15.6. The van der Waals surface area contributed by atoms with Gasteiger partial charge in [0.2, 0.25) is 5.91 Å². The lowest BCUT2D eigenvalue weighted by Gasteiger charge is -2.36. The summed E-state index contributed by atoms with van der Waals surface area (Å²) >= 11 is 0. The molecule has 2 aliphatic heterocycles. The first kappa shape index (κ1) is 15.6. The number of hydrogen-bond donors (Lipinski definition) is 2. The van der Waals surface area contributed by atoms with Crippen LogP contribution in [0, 0.1) is 0 Å². The molecule has 21 heavy (non-hydrogen) atoms. The number of hydrogen-bond acceptors (Lipinski definition) is 4. The number of aliphatic carboxylic acids is 1. The maximum Gasteiger partial charge on any atom is 0.320 e. The van der Waals surface area contributed by atoms with Gasteiger partial charge in [-0.05, 0) is 13.3 Å². The van der Waals surface area contributed by atoms with Crippen molar-refractivity contribution in [1.82, 2.24) is 20.0 Å². The van der Waals surface area contributed by atoms with Crippen LogP contribution in [-0.4, -0.2) is 89.6 Å². The molecule has 118 valence electrons.